The number of rotatable bonds is 4. The highest BCUT2D eigenvalue weighted by Crippen LogP contribution is 2.32. The maximum absolute atomic E-state index is 14.1. The molecule has 0 aliphatic rings. The fourth-order valence-electron chi connectivity index (χ4n) is 1.27. The molecular formula is C11H14BrFO. The highest BCUT2D eigenvalue weighted by Gasteiger charge is 2.28. The predicted octanol–water partition coefficient (Wildman–Crippen LogP) is 3.66. The molecule has 0 spiro atoms. The van der Waals surface area contributed by atoms with Crippen molar-refractivity contribution in [1.82, 2.24) is 0 Å². The van der Waals surface area contributed by atoms with Crippen LogP contribution in [0.2, 0.25) is 0 Å². The lowest BCUT2D eigenvalue weighted by atomic mass is 9.95. The average Bonchev–Trinajstić information content (AvgIpc) is 2.28. The van der Waals surface area contributed by atoms with Crippen LogP contribution in [0.25, 0.3) is 0 Å². The van der Waals surface area contributed by atoms with E-state index in [1.165, 1.54) is 0 Å². The molecular weight excluding hydrogens is 247 g/mol. The summed E-state index contributed by atoms with van der Waals surface area (Å²) in [4.78, 5) is 0. The molecule has 1 atom stereocenters. The Morgan fingerprint density at radius 3 is 2.29 bits per heavy atom. The summed E-state index contributed by atoms with van der Waals surface area (Å²) in [6, 6.07) is 7.09. The molecule has 1 aromatic rings. The van der Waals surface area contributed by atoms with Crippen LogP contribution in [0.5, 0.6) is 5.75 Å². The quantitative estimate of drug-likeness (QED) is 0.751. The number of hydrogen-bond acceptors (Lipinski definition) is 1. The minimum atomic E-state index is -1.27. The second kappa shape index (κ2) is 4.78. The van der Waals surface area contributed by atoms with Gasteiger partial charge in [0.15, 0.2) is 0 Å². The lowest BCUT2D eigenvalue weighted by Gasteiger charge is -2.21. The third kappa shape index (κ3) is 2.27. The number of halogens is 2. The number of alkyl halides is 2. The summed E-state index contributed by atoms with van der Waals surface area (Å²) in [5, 5.41) is 0.322. The van der Waals surface area contributed by atoms with Crippen molar-refractivity contribution in [3.05, 3.63) is 29.8 Å². The van der Waals surface area contributed by atoms with E-state index < -0.39 is 5.67 Å². The van der Waals surface area contributed by atoms with Gasteiger partial charge in [0.1, 0.15) is 11.4 Å². The second-order valence-electron chi connectivity index (χ2n) is 3.18. The zero-order valence-corrected chi connectivity index (χ0v) is 9.97. The van der Waals surface area contributed by atoms with Crippen LogP contribution in [-0.4, -0.2) is 12.4 Å². The van der Waals surface area contributed by atoms with Crippen molar-refractivity contribution in [3.63, 3.8) is 0 Å². The molecule has 3 heteroatoms. The molecule has 0 aliphatic heterocycles. The summed E-state index contributed by atoms with van der Waals surface area (Å²) < 4.78 is 19.1. The van der Waals surface area contributed by atoms with Crippen LogP contribution in [0.1, 0.15) is 18.9 Å². The molecule has 0 saturated heterocycles. The van der Waals surface area contributed by atoms with Crippen LogP contribution in [0.3, 0.4) is 0 Å². The molecule has 0 saturated carbocycles. The predicted molar refractivity (Wildman–Crippen MR) is 59.9 cm³/mol. The molecule has 1 nitrogen and oxygen atoms in total. The largest absolute Gasteiger partial charge is 0.497 e. The van der Waals surface area contributed by atoms with E-state index >= 15 is 0 Å². The number of methoxy groups -OCH3 is 1. The molecule has 0 fully saturated rings. The van der Waals surface area contributed by atoms with Gasteiger partial charge in [0.25, 0.3) is 0 Å². The Kier molecular flexibility index (Phi) is 3.93. The second-order valence-corrected chi connectivity index (χ2v) is 3.74. The van der Waals surface area contributed by atoms with Crippen molar-refractivity contribution in [3.8, 4) is 5.75 Å². The maximum atomic E-state index is 14.1. The van der Waals surface area contributed by atoms with E-state index in [1.54, 1.807) is 31.4 Å². The van der Waals surface area contributed by atoms with Crippen molar-refractivity contribution < 1.29 is 9.13 Å². The van der Waals surface area contributed by atoms with E-state index in [2.05, 4.69) is 15.9 Å². The van der Waals surface area contributed by atoms with E-state index in [1.807, 2.05) is 6.92 Å². The highest BCUT2D eigenvalue weighted by atomic mass is 79.9. The minimum absolute atomic E-state index is 0.322. The molecule has 0 aliphatic carbocycles. The SMILES string of the molecule is CC[C@](F)(CBr)c1ccc(OC)cc1. The average molecular weight is 261 g/mol. The molecule has 0 amide bonds. The van der Waals surface area contributed by atoms with Crippen LogP contribution in [0, 0.1) is 0 Å². The van der Waals surface area contributed by atoms with E-state index in [4.69, 9.17) is 4.74 Å². The van der Waals surface area contributed by atoms with Crippen molar-refractivity contribution in [2.24, 2.45) is 0 Å². The Morgan fingerprint density at radius 1 is 1.36 bits per heavy atom. The summed E-state index contributed by atoms with van der Waals surface area (Å²) in [6.45, 7) is 1.84. The van der Waals surface area contributed by atoms with Gasteiger partial charge in [-0.25, -0.2) is 4.39 Å². The van der Waals surface area contributed by atoms with Crippen molar-refractivity contribution >= 4 is 15.9 Å². The molecule has 0 N–H and O–H groups in total. The standard InChI is InChI=1S/C11H14BrFO/c1-3-11(13,8-12)9-4-6-10(14-2)7-5-9/h4-7H,3,8H2,1-2H3/t11-/m0/s1. The normalized spacial score (nSPS) is 14.9. The molecule has 0 bridgehead atoms. The van der Waals surface area contributed by atoms with Crippen LogP contribution in [-0.2, 0) is 5.67 Å². The summed E-state index contributed by atoms with van der Waals surface area (Å²) >= 11 is 3.20. The molecule has 0 radical (unpaired) electrons. The van der Waals surface area contributed by atoms with Crippen molar-refractivity contribution in [1.29, 1.82) is 0 Å². The fraction of sp³-hybridized carbons (Fsp3) is 0.455. The van der Waals surface area contributed by atoms with Gasteiger partial charge in [0.2, 0.25) is 0 Å². The number of hydrogen-bond donors (Lipinski definition) is 0. The molecule has 0 aromatic heterocycles. The van der Waals surface area contributed by atoms with Gasteiger partial charge in [-0.05, 0) is 24.1 Å². The van der Waals surface area contributed by atoms with Gasteiger partial charge in [-0.15, -0.1) is 0 Å². The van der Waals surface area contributed by atoms with Crippen LogP contribution >= 0.6 is 15.9 Å². The van der Waals surface area contributed by atoms with E-state index in [9.17, 15) is 4.39 Å². The zero-order chi connectivity index (χ0) is 10.6. The monoisotopic (exact) mass is 260 g/mol. The summed E-state index contributed by atoms with van der Waals surface area (Å²) in [7, 11) is 1.60. The first kappa shape index (κ1) is 11.5. The van der Waals surface area contributed by atoms with E-state index in [0.29, 0.717) is 17.3 Å². The van der Waals surface area contributed by atoms with Crippen LogP contribution in [0.15, 0.2) is 24.3 Å². The van der Waals surface area contributed by atoms with E-state index in [0.717, 1.165) is 5.75 Å². The Bertz CT molecular complexity index is 280. The molecule has 0 unspecified atom stereocenters. The Morgan fingerprint density at radius 2 is 1.93 bits per heavy atom. The van der Waals surface area contributed by atoms with Gasteiger partial charge in [-0.1, -0.05) is 35.0 Å². The van der Waals surface area contributed by atoms with Gasteiger partial charge < -0.3 is 4.74 Å². The Balaban J connectivity index is 2.95. The molecule has 78 valence electrons. The van der Waals surface area contributed by atoms with E-state index in [-0.39, 0.29) is 0 Å². The van der Waals surface area contributed by atoms with Gasteiger partial charge in [-0.3, -0.25) is 0 Å². The number of ether oxygens (including phenoxy) is 1. The highest BCUT2D eigenvalue weighted by molar-refractivity contribution is 9.09. The molecule has 14 heavy (non-hydrogen) atoms. The first-order valence-electron chi connectivity index (χ1n) is 4.55. The molecule has 0 heterocycles. The fourth-order valence-corrected chi connectivity index (χ4v) is 1.99. The zero-order valence-electron chi connectivity index (χ0n) is 8.39. The van der Waals surface area contributed by atoms with Crippen molar-refractivity contribution in [2.75, 3.05) is 12.4 Å². The molecule has 1 aromatic carbocycles. The van der Waals surface area contributed by atoms with Gasteiger partial charge in [0, 0.05) is 5.33 Å². The first-order valence-corrected chi connectivity index (χ1v) is 5.68. The van der Waals surface area contributed by atoms with Gasteiger partial charge in [0.05, 0.1) is 7.11 Å². The molecule has 1 rings (SSSR count). The lowest BCUT2D eigenvalue weighted by Crippen LogP contribution is -2.20. The third-order valence-electron chi connectivity index (χ3n) is 2.38. The Hall–Kier alpha value is -0.570. The maximum Gasteiger partial charge on any atom is 0.145 e. The smallest absolute Gasteiger partial charge is 0.145 e. The first-order chi connectivity index (χ1) is 6.66. The summed E-state index contributed by atoms with van der Waals surface area (Å²) in [5.74, 6) is 0.752. The van der Waals surface area contributed by atoms with Crippen molar-refractivity contribution in [2.45, 2.75) is 19.0 Å². The summed E-state index contributed by atoms with van der Waals surface area (Å²) in [6.07, 6.45) is 0.463. The van der Waals surface area contributed by atoms with Gasteiger partial charge in [-0.2, -0.15) is 0 Å². The number of benzene rings is 1. The van der Waals surface area contributed by atoms with Crippen LogP contribution in [0.4, 0.5) is 4.39 Å². The topological polar surface area (TPSA) is 9.23 Å². The Labute approximate surface area is 92.4 Å². The van der Waals surface area contributed by atoms with Gasteiger partial charge >= 0.3 is 0 Å². The lowest BCUT2D eigenvalue weighted by molar-refractivity contribution is 0.194. The third-order valence-corrected chi connectivity index (χ3v) is 3.27. The minimum Gasteiger partial charge on any atom is -0.497 e. The summed E-state index contributed by atoms with van der Waals surface area (Å²) in [5.41, 5.74) is -0.579. The van der Waals surface area contributed by atoms with Crippen LogP contribution < -0.4 is 4.74 Å².